The molecule has 0 aliphatic heterocycles. The van der Waals surface area contributed by atoms with Crippen molar-refractivity contribution < 1.29 is 22.7 Å². The minimum atomic E-state index is -3.84. The standard InChI is InChI=1S/C17H23ClN2O5S/c1-20(26(23,24)14-8-6-13(18)7-9-14)12-15(21)19-17(16(22)25-2)10-4-3-5-11-17/h6-9H,3-5,10-12H2,1-2H3,(H,19,21). The van der Waals surface area contributed by atoms with Gasteiger partial charge in [0, 0.05) is 12.1 Å². The molecule has 0 unspecified atom stereocenters. The first kappa shape index (κ1) is 20.7. The number of hydrogen-bond donors (Lipinski definition) is 1. The number of hydrogen-bond acceptors (Lipinski definition) is 5. The van der Waals surface area contributed by atoms with E-state index in [-0.39, 0.29) is 4.90 Å². The number of carbonyl (C=O) groups is 2. The number of ether oxygens (including phenoxy) is 1. The number of halogens is 1. The van der Waals surface area contributed by atoms with Crippen LogP contribution >= 0.6 is 11.6 Å². The van der Waals surface area contributed by atoms with E-state index in [0.717, 1.165) is 23.6 Å². The van der Waals surface area contributed by atoms with E-state index >= 15 is 0 Å². The summed E-state index contributed by atoms with van der Waals surface area (Å²) in [5, 5.41) is 3.12. The first-order valence-corrected chi connectivity index (χ1v) is 10.1. The third-order valence-electron chi connectivity index (χ3n) is 4.55. The van der Waals surface area contributed by atoms with E-state index < -0.39 is 34.0 Å². The predicted octanol–water partition coefficient (Wildman–Crippen LogP) is 1.95. The van der Waals surface area contributed by atoms with Crippen molar-refractivity contribution in [1.82, 2.24) is 9.62 Å². The van der Waals surface area contributed by atoms with Crippen molar-refractivity contribution in [3.8, 4) is 0 Å². The SMILES string of the molecule is COC(=O)C1(NC(=O)CN(C)S(=O)(=O)c2ccc(Cl)cc2)CCCCC1. The quantitative estimate of drug-likeness (QED) is 0.734. The Morgan fingerprint density at radius 2 is 1.77 bits per heavy atom. The molecule has 144 valence electrons. The fourth-order valence-corrected chi connectivity index (χ4v) is 4.36. The Hall–Kier alpha value is -1.64. The molecule has 1 saturated carbocycles. The van der Waals surface area contributed by atoms with Gasteiger partial charge < -0.3 is 10.1 Å². The van der Waals surface area contributed by atoms with Gasteiger partial charge in [-0.15, -0.1) is 0 Å². The zero-order chi connectivity index (χ0) is 19.4. The number of likely N-dealkylation sites (N-methyl/N-ethyl adjacent to an activating group) is 1. The number of carbonyl (C=O) groups excluding carboxylic acids is 2. The summed E-state index contributed by atoms with van der Waals surface area (Å²) in [6.07, 6.45) is 3.56. The van der Waals surface area contributed by atoms with Crippen LogP contribution in [0.15, 0.2) is 29.2 Å². The van der Waals surface area contributed by atoms with Crippen LogP contribution in [0.25, 0.3) is 0 Å². The number of nitrogens with one attached hydrogen (secondary N) is 1. The normalized spacial score (nSPS) is 16.9. The third-order valence-corrected chi connectivity index (χ3v) is 6.62. The van der Waals surface area contributed by atoms with Gasteiger partial charge in [0.25, 0.3) is 0 Å². The first-order valence-electron chi connectivity index (χ1n) is 8.33. The fourth-order valence-electron chi connectivity index (χ4n) is 3.11. The third kappa shape index (κ3) is 4.55. The molecule has 1 N–H and O–H groups in total. The highest BCUT2D eigenvalue weighted by Crippen LogP contribution is 2.29. The lowest BCUT2D eigenvalue weighted by atomic mass is 9.81. The van der Waals surface area contributed by atoms with Crippen molar-refractivity contribution in [2.24, 2.45) is 0 Å². The van der Waals surface area contributed by atoms with E-state index in [2.05, 4.69) is 5.32 Å². The number of rotatable bonds is 6. The molecule has 0 aromatic heterocycles. The number of nitrogens with zero attached hydrogens (tertiary/aromatic N) is 1. The molecule has 1 fully saturated rings. The summed E-state index contributed by atoms with van der Waals surface area (Å²) in [7, 11) is -1.25. The zero-order valence-electron chi connectivity index (χ0n) is 14.8. The van der Waals surface area contributed by atoms with E-state index in [1.807, 2.05) is 0 Å². The molecule has 1 amide bonds. The van der Waals surface area contributed by atoms with Crippen LogP contribution in [0.1, 0.15) is 32.1 Å². The molecule has 1 aliphatic carbocycles. The molecule has 1 aromatic carbocycles. The largest absolute Gasteiger partial charge is 0.467 e. The Bertz CT molecular complexity index is 758. The smallest absolute Gasteiger partial charge is 0.331 e. The lowest BCUT2D eigenvalue weighted by Gasteiger charge is -2.35. The Morgan fingerprint density at radius 1 is 1.19 bits per heavy atom. The number of esters is 1. The maximum atomic E-state index is 12.6. The Balaban J connectivity index is 2.10. The molecule has 0 atom stereocenters. The van der Waals surface area contributed by atoms with Gasteiger partial charge in [0.05, 0.1) is 18.6 Å². The lowest BCUT2D eigenvalue weighted by Crippen LogP contribution is -2.57. The monoisotopic (exact) mass is 402 g/mol. The van der Waals surface area contributed by atoms with E-state index in [9.17, 15) is 18.0 Å². The van der Waals surface area contributed by atoms with Crippen molar-refractivity contribution in [2.75, 3.05) is 20.7 Å². The van der Waals surface area contributed by atoms with Crippen LogP contribution in [0.3, 0.4) is 0 Å². The highest BCUT2D eigenvalue weighted by Gasteiger charge is 2.42. The van der Waals surface area contributed by atoms with Gasteiger partial charge in [-0.3, -0.25) is 4.79 Å². The van der Waals surface area contributed by atoms with E-state index in [4.69, 9.17) is 16.3 Å². The van der Waals surface area contributed by atoms with Crippen LogP contribution in [0.4, 0.5) is 0 Å². The van der Waals surface area contributed by atoms with Crippen molar-refractivity contribution in [1.29, 1.82) is 0 Å². The molecular formula is C17H23ClN2O5S. The molecule has 26 heavy (non-hydrogen) atoms. The average Bonchev–Trinajstić information content (AvgIpc) is 2.61. The predicted molar refractivity (Wildman–Crippen MR) is 97.2 cm³/mol. The molecule has 7 nitrogen and oxygen atoms in total. The van der Waals surface area contributed by atoms with Crippen LogP contribution in [0, 0.1) is 0 Å². The van der Waals surface area contributed by atoms with Gasteiger partial charge in [-0.1, -0.05) is 30.9 Å². The Morgan fingerprint density at radius 3 is 2.31 bits per heavy atom. The second kappa shape index (κ2) is 8.37. The molecule has 0 radical (unpaired) electrons. The van der Waals surface area contributed by atoms with Gasteiger partial charge in [-0.2, -0.15) is 4.31 Å². The summed E-state index contributed by atoms with van der Waals surface area (Å²) in [6, 6.07) is 5.69. The van der Waals surface area contributed by atoms with Crippen LogP contribution in [-0.2, 0) is 24.3 Å². The number of amides is 1. The molecule has 1 aromatic rings. The Labute approximate surface area is 158 Å². The van der Waals surface area contributed by atoms with Gasteiger partial charge in [-0.25, -0.2) is 13.2 Å². The second-order valence-electron chi connectivity index (χ2n) is 6.40. The zero-order valence-corrected chi connectivity index (χ0v) is 16.4. The van der Waals surface area contributed by atoms with Crippen LogP contribution < -0.4 is 5.32 Å². The highest BCUT2D eigenvalue weighted by atomic mass is 35.5. The average molecular weight is 403 g/mol. The van der Waals surface area contributed by atoms with Gasteiger partial charge in [0.2, 0.25) is 15.9 Å². The van der Waals surface area contributed by atoms with Crippen molar-refractivity contribution >= 4 is 33.5 Å². The maximum absolute atomic E-state index is 12.6. The minimum Gasteiger partial charge on any atom is -0.467 e. The maximum Gasteiger partial charge on any atom is 0.331 e. The summed E-state index contributed by atoms with van der Waals surface area (Å²) >= 11 is 5.78. The van der Waals surface area contributed by atoms with Gasteiger partial charge in [0.15, 0.2) is 0 Å². The van der Waals surface area contributed by atoms with Crippen molar-refractivity contribution in [2.45, 2.75) is 42.5 Å². The molecule has 2 rings (SSSR count). The molecule has 9 heteroatoms. The van der Waals surface area contributed by atoms with Crippen molar-refractivity contribution in [3.05, 3.63) is 29.3 Å². The number of sulfonamides is 1. The van der Waals surface area contributed by atoms with Crippen LogP contribution in [0.2, 0.25) is 5.02 Å². The summed E-state index contributed by atoms with van der Waals surface area (Å²) in [5.41, 5.74) is -1.07. The molecule has 1 aliphatic rings. The van der Waals surface area contributed by atoms with E-state index in [1.165, 1.54) is 38.4 Å². The van der Waals surface area contributed by atoms with Crippen LogP contribution in [-0.4, -0.2) is 50.8 Å². The molecule has 0 saturated heterocycles. The summed E-state index contributed by atoms with van der Waals surface area (Å²) in [6.45, 7) is -0.399. The van der Waals surface area contributed by atoms with E-state index in [1.54, 1.807) is 0 Å². The van der Waals surface area contributed by atoms with Crippen LogP contribution in [0.5, 0.6) is 0 Å². The minimum absolute atomic E-state index is 0.0394. The second-order valence-corrected chi connectivity index (χ2v) is 8.88. The first-order chi connectivity index (χ1) is 12.2. The highest BCUT2D eigenvalue weighted by molar-refractivity contribution is 7.89. The Kier molecular flexibility index (Phi) is 6.65. The summed E-state index contributed by atoms with van der Waals surface area (Å²) in [4.78, 5) is 24.7. The molecular weight excluding hydrogens is 380 g/mol. The van der Waals surface area contributed by atoms with Gasteiger partial charge in [0.1, 0.15) is 5.54 Å². The van der Waals surface area contributed by atoms with Gasteiger partial charge in [-0.05, 0) is 37.1 Å². The van der Waals surface area contributed by atoms with Crippen molar-refractivity contribution in [3.63, 3.8) is 0 Å². The lowest BCUT2D eigenvalue weighted by molar-refractivity contribution is -0.152. The summed E-state index contributed by atoms with van der Waals surface area (Å²) in [5.74, 6) is -1.04. The molecule has 0 spiro atoms. The fraction of sp³-hybridized carbons (Fsp3) is 0.529. The molecule has 0 heterocycles. The molecule has 0 bridgehead atoms. The van der Waals surface area contributed by atoms with E-state index in [0.29, 0.717) is 17.9 Å². The topological polar surface area (TPSA) is 92.8 Å². The number of benzene rings is 1. The summed E-state index contributed by atoms with van der Waals surface area (Å²) < 4.78 is 30.9. The number of methoxy groups -OCH3 is 1. The van der Waals surface area contributed by atoms with Gasteiger partial charge >= 0.3 is 5.97 Å².